The molecule has 3 atom stereocenters. The fourth-order valence-electron chi connectivity index (χ4n) is 1.99. The lowest BCUT2D eigenvalue weighted by atomic mass is 9.95. The quantitative estimate of drug-likeness (QED) is 0.569. The summed E-state index contributed by atoms with van der Waals surface area (Å²) in [5.41, 5.74) is 0. The van der Waals surface area contributed by atoms with Crippen LogP contribution in [-0.2, 0) is 4.74 Å². The minimum Gasteiger partial charge on any atom is -0.373 e. The Hall–Kier alpha value is 0.650. The summed E-state index contributed by atoms with van der Waals surface area (Å²) in [6, 6.07) is 0. The third-order valence-electron chi connectivity index (χ3n) is 2.68. The molecule has 3 heteroatoms. The minimum atomic E-state index is 0.531. The summed E-state index contributed by atoms with van der Waals surface area (Å²) in [6.45, 7) is 2.26. The predicted molar refractivity (Wildman–Crippen MR) is 53.1 cm³/mol. The highest BCUT2D eigenvalue weighted by molar-refractivity contribution is 14.1. The Balaban J connectivity index is 1.91. The second-order valence-electron chi connectivity index (χ2n) is 3.45. The number of ether oxygens (including phenoxy) is 1. The van der Waals surface area contributed by atoms with E-state index >= 15 is 0 Å². The summed E-state index contributed by atoms with van der Waals surface area (Å²) < 4.78 is 7.04. The smallest absolute Gasteiger partial charge is 0.0743 e. The first kappa shape index (κ1) is 8.26. The largest absolute Gasteiger partial charge is 0.373 e. The SMILES string of the molecule is ICC1CCC2CNCC2O1. The molecule has 0 aromatic carbocycles. The molecule has 2 nitrogen and oxygen atoms in total. The number of alkyl halides is 1. The van der Waals surface area contributed by atoms with Crippen LogP contribution >= 0.6 is 22.6 Å². The summed E-state index contributed by atoms with van der Waals surface area (Å²) in [6.07, 6.45) is 3.71. The number of halogens is 1. The van der Waals surface area contributed by atoms with Crippen molar-refractivity contribution in [2.45, 2.75) is 25.0 Å². The lowest BCUT2D eigenvalue weighted by Gasteiger charge is -2.30. The van der Waals surface area contributed by atoms with Crippen molar-refractivity contribution < 1.29 is 4.74 Å². The highest BCUT2D eigenvalue weighted by atomic mass is 127. The zero-order valence-electron chi connectivity index (χ0n) is 6.55. The molecule has 2 saturated heterocycles. The number of hydrogen-bond acceptors (Lipinski definition) is 2. The van der Waals surface area contributed by atoms with Gasteiger partial charge in [0.1, 0.15) is 0 Å². The van der Waals surface area contributed by atoms with Gasteiger partial charge in [-0.15, -0.1) is 0 Å². The first-order valence-corrected chi connectivity index (χ1v) is 5.85. The third kappa shape index (κ3) is 1.70. The van der Waals surface area contributed by atoms with E-state index in [1.807, 2.05) is 0 Å². The second-order valence-corrected chi connectivity index (χ2v) is 4.33. The summed E-state index contributed by atoms with van der Waals surface area (Å²) in [4.78, 5) is 0. The van der Waals surface area contributed by atoms with Crippen LogP contribution in [0.3, 0.4) is 0 Å². The molecule has 3 unspecified atom stereocenters. The van der Waals surface area contributed by atoms with Gasteiger partial charge in [0.15, 0.2) is 0 Å². The zero-order chi connectivity index (χ0) is 7.68. The Morgan fingerprint density at radius 2 is 2.27 bits per heavy atom. The van der Waals surface area contributed by atoms with Crippen LogP contribution in [0.1, 0.15) is 12.8 Å². The fourth-order valence-corrected chi connectivity index (χ4v) is 2.63. The number of hydrogen-bond donors (Lipinski definition) is 1. The van der Waals surface area contributed by atoms with Crippen molar-refractivity contribution in [1.29, 1.82) is 0 Å². The van der Waals surface area contributed by atoms with Crippen molar-refractivity contribution in [3.8, 4) is 0 Å². The molecule has 2 rings (SSSR count). The molecular weight excluding hydrogens is 253 g/mol. The average Bonchev–Trinajstić information content (AvgIpc) is 2.50. The van der Waals surface area contributed by atoms with E-state index < -0.39 is 0 Å². The summed E-state index contributed by atoms with van der Waals surface area (Å²) in [7, 11) is 0. The molecule has 64 valence electrons. The van der Waals surface area contributed by atoms with E-state index in [1.165, 1.54) is 19.4 Å². The minimum absolute atomic E-state index is 0.531. The Kier molecular flexibility index (Phi) is 2.69. The molecule has 0 aromatic heterocycles. The van der Waals surface area contributed by atoms with Gasteiger partial charge in [-0.3, -0.25) is 0 Å². The predicted octanol–water partition coefficient (Wildman–Crippen LogP) is 1.19. The Morgan fingerprint density at radius 3 is 3.09 bits per heavy atom. The van der Waals surface area contributed by atoms with Crippen LogP contribution in [0.5, 0.6) is 0 Å². The highest BCUT2D eigenvalue weighted by Gasteiger charge is 2.33. The van der Waals surface area contributed by atoms with E-state index in [2.05, 4.69) is 27.9 Å². The number of fused-ring (bicyclic) bond motifs is 1. The van der Waals surface area contributed by atoms with E-state index in [9.17, 15) is 0 Å². The summed E-state index contributed by atoms with van der Waals surface area (Å²) in [5, 5.41) is 3.38. The first-order chi connectivity index (χ1) is 5.40. The van der Waals surface area contributed by atoms with E-state index in [4.69, 9.17) is 4.74 Å². The van der Waals surface area contributed by atoms with Crippen molar-refractivity contribution in [1.82, 2.24) is 5.32 Å². The lowest BCUT2D eigenvalue weighted by Crippen LogP contribution is -2.34. The molecule has 2 fully saturated rings. The highest BCUT2D eigenvalue weighted by Crippen LogP contribution is 2.28. The van der Waals surface area contributed by atoms with E-state index in [0.717, 1.165) is 16.9 Å². The van der Waals surface area contributed by atoms with Gasteiger partial charge in [-0.05, 0) is 18.8 Å². The maximum absolute atomic E-state index is 5.89. The van der Waals surface area contributed by atoms with Crippen molar-refractivity contribution in [3.05, 3.63) is 0 Å². The van der Waals surface area contributed by atoms with E-state index in [0.29, 0.717) is 12.2 Å². The monoisotopic (exact) mass is 267 g/mol. The maximum atomic E-state index is 5.89. The van der Waals surface area contributed by atoms with Gasteiger partial charge in [-0.1, -0.05) is 22.6 Å². The van der Waals surface area contributed by atoms with Crippen LogP contribution in [0.15, 0.2) is 0 Å². The van der Waals surface area contributed by atoms with Gasteiger partial charge in [0.2, 0.25) is 0 Å². The molecule has 0 aromatic rings. The van der Waals surface area contributed by atoms with Crippen LogP contribution in [0.2, 0.25) is 0 Å². The maximum Gasteiger partial charge on any atom is 0.0743 e. The van der Waals surface area contributed by atoms with Gasteiger partial charge in [0.25, 0.3) is 0 Å². The van der Waals surface area contributed by atoms with Gasteiger partial charge < -0.3 is 10.1 Å². The number of nitrogens with one attached hydrogen (secondary N) is 1. The molecule has 0 bridgehead atoms. The molecule has 1 N–H and O–H groups in total. The molecule has 0 radical (unpaired) electrons. The van der Waals surface area contributed by atoms with Gasteiger partial charge in [0, 0.05) is 17.5 Å². The van der Waals surface area contributed by atoms with E-state index in [-0.39, 0.29) is 0 Å². The molecule has 0 saturated carbocycles. The topological polar surface area (TPSA) is 21.3 Å². The standard InChI is InChI=1S/C8H14INO/c9-3-7-2-1-6-4-10-5-8(6)11-7/h6-8,10H,1-5H2. The lowest BCUT2D eigenvalue weighted by molar-refractivity contribution is -0.0486. The van der Waals surface area contributed by atoms with Crippen molar-refractivity contribution in [2.24, 2.45) is 5.92 Å². The summed E-state index contributed by atoms with van der Waals surface area (Å²) >= 11 is 2.42. The van der Waals surface area contributed by atoms with Crippen molar-refractivity contribution in [2.75, 3.05) is 17.5 Å². The van der Waals surface area contributed by atoms with Crippen LogP contribution < -0.4 is 5.32 Å². The second kappa shape index (κ2) is 3.58. The van der Waals surface area contributed by atoms with Gasteiger partial charge >= 0.3 is 0 Å². The van der Waals surface area contributed by atoms with Crippen LogP contribution in [0.4, 0.5) is 0 Å². The molecule has 2 aliphatic heterocycles. The van der Waals surface area contributed by atoms with E-state index in [1.54, 1.807) is 0 Å². The fraction of sp³-hybridized carbons (Fsp3) is 1.00. The zero-order valence-corrected chi connectivity index (χ0v) is 8.71. The molecular formula is C8H14INO. The Bertz CT molecular complexity index is 142. The van der Waals surface area contributed by atoms with Crippen LogP contribution in [0, 0.1) is 5.92 Å². The average molecular weight is 267 g/mol. The van der Waals surface area contributed by atoms with Crippen LogP contribution in [-0.4, -0.2) is 29.7 Å². The molecule has 2 aliphatic rings. The van der Waals surface area contributed by atoms with Crippen molar-refractivity contribution >= 4 is 22.6 Å². The van der Waals surface area contributed by atoms with Gasteiger partial charge in [-0.25, -0.2) is 0 Å². The Labute approximate surface area is 81.2 Å². The van der Waals surface area contributed by atoms with Gasteiger partial charge in [-0.2, -0.15) is 0 Å². The van der Waals surface area contributed by atoms with Gasteiger partial charge in [0.05, 0.1) is 12.2 Å². The molecule has 0 spiro atoms. The third-order valence-corrected chi connectivity index (χ3v) is 3.66. The normalized spacial score (nSPS) is 43.9. The van der Waals surface area contributed by atoms with Crippen molar-refractivity contribution in [3.63, 3.8) is 0 Å². The summed E-state index contributed by atoms with van der Waals surface area (Å²) in [5.74, 6) is 0.814. The molecule has 0 aliphatic carbocycles. The molecule has 2 heterocycles. The van der Waals surface area contributed by atoms with Crippen LogP contribution in [0.25, 0.3) is 0 Å². The first-order valence-electron chi connectivity index (χ1n) is 4.32. The number of rotatable bonds is 1. The Morgan fingerprint density at radius 1 is 1.36 bits per heavy atom. The molecule has 0 amide bonds. The molecule has 11 heavy (non-hydrogen) atoms.